The van der Waals surface area contributed by atoms with E-state index < -0.39 is 18.1 Å². The zero-order valence-electron chi connectivity index (χ0n) is 16.7. The van der Waals surface area contributed by atoms with Crippen molar-refractivity contribution in [1.29, 1.82) is 0 Å². The van der Waals surface area contributed by atoms with Gasteiger partial charge in [-0.15, -0.1) is 0 Å². The number of hydrogen-bond donors (Lipinski definition) is 2. The molecule has 0 radical (unpaired) electrons. The molecule has 0 bridgehead atoms. The second-order valence-corrected chi connectivity index (χ2v) is 6.47. The van der Waals surface area contributed by atoms with Crippen LogP contribution in [0.15, 0.2) is 59.3 Å². The molecular formula is C21H32N2O3. The molecule has 0 aromatic heterocycles. The fraction of sp³-hybridized carbons (Fsp3) is 0.429. The summed E-state index contributed by atoms with van der Waals surface area (Å²) in [6.45, 7) is 11.3. The Balaban J connectivity index is 4.40. The van der Waals surface area contributed by atoms with Crippen molar-refractivity contribution in [3.05, 3.63) is 59.3 Å². The molecule has 5 nitrogen and oxygen atoms in total. The first-order valence-corrected chi connectivity index (χ1v) is 8.69. The van der Waals surface area contributed by atoms with Gasteiger partial charge in [0, 0.05) is 0 Å². The number of carbonyl (C=O) groups is 2. The van der Waals surface area contributed by atoms with Crippen LogP contribution in [0.3, 0.4) is 0 Å². The largest absolute Gasteiger partial charge is 0.460 e. The van der Waals surface area contributed by atoms with Crippen LogP contribution in [-0.4, -0.2) is 30.6 Å². The van der Waals surface area contributed by atoms with Crippen LogP contribution < -0.4 is 11.1 Å². The van der Waals surface area contributed by atoms with Crippen molar-refractivity contribution >= 4 is 11.9 Å². The highest BCUT2D eigenvalue weighted by Gasteiger charge is 2.18. The van der Waals surface area contributed by atoms with Crippen LogP contribution in [-0.2, 0) is 14.3 Å². The van der Waals surface area contributed by atoms with Gasteiger partial charge in [0.2, 0.25) is 5.91 Å². The van der Waals surface area contributed by atoms with Crippen LogP contribution in [0.2, 0.25) is 0 Å². The lowest BCUT2D eigenvalue weighted by atomic mass is 10.2. The van der Waals surface area contributed by atoms with E-state index in [-0.39, 0.29) is 12.5 Å². The van der Waals surface area contributed by atoms with Crippen LogP contribution in [0.25, 0.3) is 0 Å². The minimum Gasteiger partial charge on any atom is -0.460 e. The van der Waals surface area contributed by atoms with E-state index in [9.17, 15) is 9.59 Å². The van der Waals surface area contributed by atoms with Crippen molar-refractivity contribution in [2.45, 2.75) is 53.6 Å². The zero-order valence-corrected chi connectivity index (χ0v) is 16.7. The Morgan fingerprint density at radius 3 is 2.15 bits per heavy atom. The summed E-state index contributed by atoms with van der Waals surface area (Å²) in [5.41, 5.74) is 8.80. The third-order valence-corrected chi connectivity index (χ3v) is 3.26. The van der Waals surface area contributed by atoms with Gasteiger partial charge >= 0.3 is 5.97 Å². The standard InChI is InChI=1S/C21H32N2O3/c1-15(2)9-7-10-16(3)11-8-12-17(4)13-14-26-21(25)19(6)23-20(24)18(5)22/h7-13,18-19H,14,22H2,1-6H3,(H,23,24)/t18-,19-/m0/s1. The SMILES string of the molecule is CC(C)=CC=CC(C)=CC=CC(C)=CCOC(=O)[C@H](C)NC(=O)[C@H](C)N. The number of amides is 1. The molecule has 0 unspecified atom stereocenters. The average Bonchev–Trinajstić information content (AvgIpc) is 2.54. The molecule has 0 aliphatic heterocycles. The van der Waals surface area contributed by atoms with Crippen molar-refractivity contribution in [2.24, 2.45) is 5.73 Å². The Morgan fingerprint density at radius 1 is 1.00 bits per heavy atom. The lowest BCUT2D eigenvalue weighted by Gasteiger charge is -2.14. The summed E-state index contributed by atoms with van der Waals surface area (Å²) in [5, 5.41) is 2.50. The Labute approximate surface area is 157 Å². The smallest absolute Gasteiger partial charge is 0.328 e. The molecule has 0 fully saturated rings. The molecule has 0 spiro atoms. The molecule has 0 rings (SSSR count). The molecule has 144 valence electrons. The fourth-order valence-electron chi connectivity index (χ4n) is 1.65. The minimum atomic E-state index is -0.726. The maximum Gasteiger partial charge on any atom is 0.328 e. The van der Waals surface area contributed by atoms with E-state index in [2.05, 4.69) is 25.2 Å². The van der Waals surface area contributed by atoms with Crippen LogP contribution in [0.1, 0.15) is 41.5 Å². The molecule has 2 atom stereocenters. The molecule has 0 aliphatic rings. The molecule has 26 heavy (non-hydrogen) atoms. The first-order chi connectivity index (χ1) is 12.1. The topological polar surface area (TPSA) is 81.4 Å². The summed E-state index contributed by atoms with van der Waals surface area (Å²) in [6, 6.07) is -1.39. The predicted molar refractivity (Wildman–Crippen MR) is 107 cm³/mol. The van der Waals surface area contributed by atoms with Crippen molar-refractivity contribution in [1.82, 2.24) is 5.32 Å². The molecule has 0 aromatic carbocycles. The molecule has 0 aliphatic carbocycles. The summed E-state index contributed by atoms with van der Waals surface area (Å²) in [5.74, 6) is -0.878. The normalized spacial score (nSPS) is 15.0. The van der Waals surface area contributed by atoms with Gasteiger partial charge in [-0.25, -0.2) is 4.79 Å². The fourth-order valence-corrected chi connectivity index (χ4v) is 1.65. The van der Waals surface area contributed by atoms with Crippen molar-refractivity contribution in [3.63, 3.8) is 0 Å². The minimum absolute atomic E-state index is 0.149. The van der Waals surface area contributed by atoms with Gasteiger partial charge in [-0.05, 0) is 47.6 Å². The highest BCUT2D eigenvalue weighted by Crippen LogP contribution is 2.01. The van der Waals surface area contributed by atoms with E-state index in [0.717, 1.165) is 11.1 Å². The van der Waals surface area contributed by atoms with Gasteiger partial charge in [0.05, 0.1) is 6.04 Å². The molecule has 0 aromatic rings. The number of carbonyl (C=O) groups excluding carboxylic acids is 2. The van der Waals surface area contributed by atoms with Gasteiger partial charge in [0.25, 0.3) is 0 Å². The number of ether oxygens (including phenoxy) is 1. The second kappa shape index (κ2) is 12.9. The molecule has 0 saturated heterocycles. The molecule has 0 saturated carbocycles. The van der Waals surface area contributed by atoms with Gasteiger partial charge in [0.15, 0.2) is 0 Å². The first kappa shape index (κ1) is 23.6. The molecular weight excluding hydrogens is 328 g/mol. The Hall–Kier alpha value is -2.40. The maximum atomic E-state index is 11.8. The van der Waals surface area contributed by atoms with Gasteiger partial charge in [-0.3, -0.25) is 4.79 Å². The monoisotopic (exact) mass is 360 g/mol. The van der Waals surface area contributed by atoms with Crippen molar-refractivity contribution < 1.29 is 14.3 Å². The highest BCUT2D eigenvalue weighted by molar-refractivity contribution is 5.86. The number of esters is 1. The Bertz CT molecular complexity index is 619. The summed E-state index contributed by atoms with van der Waals surface area (Å²) >= 11 is 0. The van der Waals surface area contributed by atoms with Crippen LogP contribution >= 0.6 is 0 Å². The van der Waals surface area contributed by atoms with Crippen LogP contribution in [0, 0.1) is 0 Å². The summed E-state index contributed by atoms with van der Waals surface area (Å²) in [4.78, 5) is 23.2. The van der Waals surface area contributed by atoms with E-state index >= 15 is 0 Å². The number of allylic oxidation sites excluding steroid dienone is 9. The van der Waals surface area contributed by atoms with Crippen LogP contribution in [0.5, 0.6) is 0 Å². The van der Waals surface area contributed by atoms with Gasteiger partial charge in [-0.1, -0.05) is 53.2 Å². The average molecular weight is 360 g/mol. The zero-order chi connectivity index (χ0) is 20.1. The Kier molecular flexibility index (Phi) is 11.7. The quantitative estimate of drug-likeness (QED) is 0.488. The summed E-state index contributed by atoms with van der Waals surface area (Å²) in [6.07, 6.45) is 13.8. The van der Waals surface area contributed by atoms with E-state index in [1.165, 1.54) is 5.57 Å². The highest BCUT2D eigenvalue weighted by atomic mass is 16.5. The third kappa shape index (κ3) is 12.0. The lowest BCUT2D eigenvalue weighted by molar-refractivity contribution is -0.146. The molecule has 0 heterocycles. The molecule has 1 amide bonds. The Morgan fingerprint density at radius 2 is 1.58 bits per heavy atom. The van der Waals surface area contributed by atoms with Crippen molar-refractivity contribution in [2.75, 3.05) is 6.61 Å². The van der Waals surface area contributed by atoms with Gasteiger partial charge in [-0.2, -0.15) is 0 Å². The predicted octanol–water partition coefficient (Wildman–Crippen LogP) is 3.35. The number of rotatable bonds is 9. The van der Waals surface area contributed by atoms with E-state index in [1.54, 1.807) is 19.9 Å². The van der Waals surface area contributed by atoms with E-state index in [1.807, 2.05) is 44.2 Å². The van der Waals surface area contributed by atoms with Crippen molar-refractivity contribution in [3.8, 4) is 0 Å². The molecule has 3 N–H and O–H groups in total. The summed E-state index contributed by atoms with van der Waals surface area (Å²) in [7, 11) is 0. The molecule has 5 heteroatoms. The van der Waals surface area contributed by atoms with Crippen LogP contribution in [0.4, 0.5) is 0 Å². The number of nitrogens with one attached hydrogen (secondary N) is 1. The van der Waals surface area contributed by atoms with Gasteiger partial charge < -0.3 is 15.8 Å². The lowest BCUT2D eigenvalue weighted by Crippen LogP contribution is -2.46. The van der Waals surface area contributed by atoms with Gasteiger partial charge in [0.1, 0.15) is 12.6 Å². The first-order valence-electron chi connectivity index (χ1n) is 8.69. The number of hydrogen-bond acceptors (Lipinski definition) is 4. The number of nitrogens with two attached hydrogens (primary N) is 1. The third-order valence-electron chi connectivity index (χ3n) is 3.26. The van der Waals surface area contributed by atoms with E-state index in [4.69, 9.17) is 10.5 Å². The second-order valence-electron chi connectivity index (χ2n) is 6.47. The van der Waals surface area contributed by atoms with E-state index in [0.29, 0.717) is 0 Å². The summed E-state index contributed by atoms with van der Waals surface area (Å²) < 4.78 is 5.12. The maximum absolute atomic E-state index is 11.8.